The van der Waals surface area contributed by atoms with Crippen molar-refractivity contribution in [2.75, 3.05) is 24.9 Å². The summed E-state index contributed by atoms with van der Waals surface area (Å²) in [5.41, 5.74) is 2.01. The summed E-state index contributed by atoms with van der Waals surface area (Å²) in [4.78, 5) is 26.0. The van der Waals surface area contributed by atoms with E-state index in [1.54, 1.807) is 98.1 Å². The van der Waals surface area contributed by atoms with Gasteiger partial charge in [0.1, 0.15) is 17.2 Å². The number of amides is 2. The van der Waals surface area contributed by atoms with Crippen LogP contribution in [0.4, 0.5) is 22.7 Å². The molecule has 0 bridgehead atoms. The Balaban J connectivity index is 1.44. The van der Waals surface area contributed by atoms with E-state index >= 15 is 0 Å². The fourth-order valence-corrected chi connectivity index (χ4v) is 4.21. The predicted molar refractivity (Wildman–Crippen MR) is 158 cm³/mol. The molecule has 0 aliphatic carbocycles. The van der Waals surface area contributed by atoms with E-state index in [-0.39, 0.29) is 22.9 Å². The fraction of sp³-hybridized carbons (Fsp3) is 0.0625. The number of anilines is 2. The van der Waals surface area contributed by atoms with E-state index in [0.29, 0.717) is 44.9 Å². The van der Waals surface area contributed by atoms with Gasteiger partial charge in [0.05, 0.1) is 25.5 Å². The second-order valence-electron chi connectivity index (χ2n) is 8.96. The first kappa shape index (κ1) is 26.9. The van der Waals surface area contributed by atoms with Crippen molar-refractivity contribution >= 4 is 45.3 Å². The molecule has 0 unspecified atom stereocenters. The summed E-state index contributed by atoms with van der Waals surface area (Å²) < 4.78 is 10.4. The van der Waals surface area contributed by atoms with Crippen LogP contribution < -0.4 is 20.1 Å². The molecule has 5 aromatic carbocycles. The topological polar surface area (TPSA) is 122 Å². The highest BCUT2D eigenvalue weighted by Gasteiger charge is 2.19. The highest BCUT2D eigenvalue weighted by atomic mass is 16.5. The second-order valence-corrected chi connectivity index (χ2v) is 8.96. The highest BCUT2D eigenvalue weighted by molar-refractivity contribution is 6.11. The molecule has 0 atom stereocenters. The van der Waals surface area contributed by atoms with Gasteiger partial charge in [-0.05, 0) is 53.9 Å². The van der Waals surface area contributed by atoms with Crippen molar-refractivity contribution in [3.8, 4) is 17.2 Å². The van der Waals surface area contributed by atoms with Crippen molar-refractivity contribution in [2.45, 2.75) is 0 Å². The lowest BCUT2D eigenvalue weighted by atomic mass is 10.0. The van der Waals surface area contributed by atoms with Crippen LogP contribution in [0.15, 0.2) is 113 Å². The summed E-state index contributed by atoms with van der Waals surface area (Å²) in [7, 11) is 3.09. The SMILES string of the molecule is COc1cccc(NC(=O)c2cccc(N=Nc3c(O)c(C(=O)Nc4cccc(OC)c4)cc4ccccc34)c2)c1. The lowest BCUT2D eigenvalue weighted by Gasteiger charge is -2.12. The standard InChI is InChI=1S/C32H26N4O5/c1-40-25-13-6-10-22(18-25)33-31(38)21-9-5-12-24(16-21)35-36-29-27-15-4-3-8-20(27)17-28(30(29)37)32(39)34-23-11-7-14-26(19-23)41-2/h3-19,37H,1-2H3,(H,33,38)(H,34,39). The van der Waals surface area contributed by atoms with Gasteiger partial charge in [-0.3, -0.25) is 9.59 Å². The molecule has 0 aliphatic rings. The number of benzene rings is 5. The van der Waals surface area contributed by atoms with Crippen molar-refractivity contribution in [2.24, 2.45) is 10.2 Å². The zero-order valence-corrected chi connectivity index (χ0v) is 22.3. The molecule has 5 rings (SSSR count). The summed E-state index contributed by atoms with van der Waals surface area (Å²) in [6.07, 6.45) is 0. The maximum atomic E-state index is 13.2. The summed E-state index contributed by atoms with van der Waals surface area (Å²) in [6.45, 7) is 0. The number of rotatable bonds is 8. The van der Waals surface area contributed by atoms with Gasteiger partial charge in [-0.15, -0.1) is 5.11 Å². The molecule has 0 aromatic heterocycles. The van der Waals surface area contributed by atoms with Gasteiger partial charge in [0.2, 0.25) is 0 Å². The third kappa shape index (κ3) is 6.15. The van der Waals surface area contributed by atoms with Gasteiger partial charge in [-0.1, -0.05) is 42.5 Å². The Bertz CT molecular complexity index is 1780. The van der Waals surface area contributed by atoms with Crippen LogP contribution >= 0.6 is 0 Å². The smallest absolute Gasteiger partial charge is 0.259 e. The average Bonchev–Trinajstić information content (AvgIpc) is 3.00. The average molecular weight is 547 g/mol. The van der Waals surface area contributed by atoms with Crippen LogP contribution in [-0.2, 0) is 0 Å². The number of hydrogen-bond donors (Lipinski definition) is 3. The Morgan fingerprint density at radius 2 is 1.32 bits per heavy atom. The van der Waals surface area contributed by atoms with Crippen LogP contribution in [0.3, 0.4) is 0 Å². The number of fused-ring (bicyclic) bond motifs is 1. The number of carbonyl (C=O) groups excluding carboxylic acids is 2. The van der Waals surface area contributed by atoms with Crippen LogP contribution in [0.5, 0.6) is 17.2 Å². The Labute approximate surface area is 236 Å². The zero-order chi connectivity index (χ0) is 28.8. The van der Waals surface area contributed by atoms with Gasteiger partial charge in [0.25, 0.3) is 11.8 Å². The molecular formula is C32H26N4O5. The van der Waals surface area contributed by atoms with Gasteiger partial charge in [0.15, 0.2) is 5.75 Å². The van der Waals surface area contributed by atoms with E-state index in [4.69, 9.17) is 9.47 Å². The Kier molecular flexibility index (Phi) is 7.87. The minimum atomic E-state index is -0.519. The third-order valence-electron chi connectivity index (χ3n) is 6.27. The molecule has 0 saturated heterocycles. The molecule has 3 N–H and O–H groups in total. The molecule has 204 valence electrons. The Morgan fingerprint density at radius 3 is 2.00 bits per heavy atom. The molecule has 5 aromatic rings. The quantitative estimate of drug-likeness (QED) is 0.174. The number of methoxy groups -OCH3 is 2. The summed E-state index contributed by atoms with van der Waals surface area (Å²) in [5, 5.41) is 26.7. The molecule has 0 radical (unpaired) electrons. The predicted octanol–water partition coefficient (Wildman–Crippen LogP) is 7.48. The maximum Gasteiger partial charge on any atom is 0.259 e. The Morgan fingerprint density at radius 1 is 0.683 bits per heavy atom. The lowest BCUT2D eigenvalue weighted by molar-refractivity contribution is 0.101. The summed E-state index contributed by atoms with van der Waals surface area (Å²) in [5.74, 6) is 0.0324. The number of phenols is 1. The molecule has 41 heavy (non-hydrogen) atoms. The number of azo groups is 1. The molecule has 0 heterocycles. The lowest BCUT2D eigenvalue weighted by Crippen LogP contribution is -2.12. The monoisotopic (exact) mass is 546 g/mol. The first-order valence-electron chi connectivity index (χ1n) is 12.6. The largest absolute Gasteiger partial charge is 0.505 e. The first-order valence-corrected chi connectivity index (χ1v) is 12.6. The fourth-order valence-electron chi connectivity index (χ4n) is 4.21. The normalized spacial score (nSPS) is 10.9. The van der Waals surface area contributed by atoms with Gasteiger partial charge in [-0.2, -0.15) is 5.11 Å². The van der Waals surface area contributed by atoms with Crippen LogP contribution in [0, 0.1) is 0 Å². The molecular weight excluding hydrogens is 520 g/mol. The first-order chi connectivity index (χ1) is 19.9. The number of nitrogens with zero attached hydrogens (tertiary/aromatic N) is 2. The van der Waals surface area contributed by atoms with Crippen molar-refractivity contribution in [3.05, 3.63) is 114 Å². The van der Waals surface area contributed by atoms with Crippen LogP contribution in [0.25, 0.3) is 10.8 Å². The number of aromatic hydroxyl groups is 1. The van der Waals surface area contributed by atoms with Crippen molar-refractivity contribution in [3.63, 3.8) is 0 Å². The second kappa shape index (κ2) is 12.0. The summed E-state index contributed by atoms with van der Waals surface area (Å²) >= 11 is 0. The molecule has 2 amide bonds. The van der Waals surface area contributed by atoms with E-state index in [0.717, 1.165) is 0 Å². The number of phenolic OH excluding ortho intramolecular Hbond substituents is 1. The molecule has 0 aliphatic heterocycles. The summed E-state index contributed by atoms with van der Waals surface area (Å²) in [6, 6.07) is 29.4. The van der Waals surface area contributed by atoms with Gasteiger partial charge >= 0.3 is 0 Å². The molecule has 0 saturated carbocycles. The molecule has 9 nitrogen and oxygen atoms in total. The molecule has 9 heteroatoms. The zero-order valence-electron chi connectivity index (χ0n) is 22.3. The van der Waals surface area contributed by atoms with Crippen LogP contribution in [0.2, 0.25) is 0 Å². The Hall–Kier alpha value is -5.70. The van der Waals surface area contributed by atoms with E-state index in [1.807, 2.05) is 12.1 Å². The van der Waals surface area contributed by atoms with Gasteiger partial charge < -0.3 is 25.2 Å². The van der Waals surface area contributed by atoms with Crippen molar-refractivity contribution < 1.29 is 24.2 Å². The van der Waals surface area contributed by atoms with Gasteiger partial charge in [0, 0.05) is 34.5 Å². The van der Waals surface area contributed by atoms with Crippen LogP contribution in [0.1, 0.15) is 20.7 Å². The van der Waals surface area contributed by atoms with Gasteiger partial charge in [-0.25, -0.2) is 0 Å². The van der Waals surface area contributed by atoms with Crippen molar-refractivity contribution in [1.29, 1.82) is 0 Å². The van der Waals surface area contributed by atoms with E-state index in [1.165, 1.54) is 7.11 Å². The van der Waals surface area contributed by atoms with Crippen molar-refractivity contribution in [1.82, 2.24) is 0 Å². The number of hydrogen-bond acceptors (Lipinski definition) is 7. The molecule has 0 fully saturated rings. The number of ether oxygens (including phenoxy) is 2. The third-order valence-corrected chi connectivity index (χ3v) is 6.27. The van der Waals surface area contributed by atoms with Crippen LogP contribution in [-0.4, -0.2) is 31.1 Å². The molecule has 0 spiro atoms. The number of nitrogens with one attached hydrogen (secondary N) is 2. The minimum Gasteiger partial charge on any atom is -0.505 e. The van der Waals surface area contributed by atoms with E-state index in [9.17, 15) is 14.7 Å². The van der Waals surface area contributed by atoms with E-state index in [2.05, 4.69) is 20.9 Å². The highest BCUT2D eigenvalue weighted by Crippen LogP contribution is 2.39. The number of carbonyl (C=O) groups is 2. The minimum absolute atomic E-state index is 0.0342. The maximum absolute atomic E-state index is 13.2. The van der Waals surface area contributed by atoms with E-state index < -0.39 is 5.91 Å².